The van der Waals surface area contributed by atoms with Crippen LogP contribution in [0.5, 0.6) is 0 Å². The molecule has 1 aromatic rings. The van der Waals surface area contributed by atoms with Gasteiger partial charge in [-0.1, -0.05) is 13.3 Å². The minimum atomic E-state index is -3.54. The maximum absolute atomic E-state index is 11.7. The number of amides is 1. The van der Waals surface area contributed by atoms with E-state index in [1.54, 1.807) is 11.0 Å². The standard InChI is InChI=1S/C13H22N4O3S/c1-3-4-7-17(9-13(15)18)12-6-5-10(8-11(12)14)21(19,20)16-2/h5-6,8,16H,3-4,7,9,14H2,1-2H3,(H2,15,18). The fourth-order valence-corrected chi connectivity index (χ4v) is 2.69. The highest BCUT2D eigenvalue weighted by atomic mass is 32.2. The first-order valence-electron chi connectivity index (χ1n) is 6.68. The van der Waals surface area contributed by atoms with Crippen molar-refractivity contribution in [2.75, 3.05) is 30.8 Å². The van der Waals surface area contributed by atoms with Crippen LogP contribution in [0.15, 0.2) is 23.1 Å². The van der Waals surface area contributed by atoms with E-state index < -0.39 is 15.9 Å². The minimum absolute atomic E-state index is 0.0440. The maximum Gasteiger partial charge on any atom is 0.240 e. The van der Waals surface area contributed by atoms with Crippen molar-refractivity contribution in [1.82, 2.24) is 4.72 Å². The van der Waals surface area contributed by atoms with E-state index in [1.807, 2.05) is 6.92 Å². The van der Waals surface area contributed by atoms with Crippen molar-refractivity contribution in [1.29, 1.82) is 0 Å². The summed E-state index contributed by atoms with van der Waals surface area (Å²) in [4.78, 5) is 13.0. The Morgan fingerprint density at radius 3 is 2.52 bits per heavy atom. The molecule has 8 heteroatoms. The zero-order chi connectivity index (χ0) is 16.0. The van der Waals surface area contributed by atoms with Crippen molar-refractivity contribution in [2.24, 2.45) is 5.73 Å². The lowest BCUT2D eigenvalue weighted by Gasteiger charge is -2.25. The molecule has 0 aromatic heterocycles. The highest BCUT2D eigenvalue weighted by molar-refractivity contribution is 7.89. The summed E-state index contributed by atoms with van der Waals surface area (Å²) < 4.78 is 25.7. The fraction of sp³-hybridized carbons (Fsp3) is 0.462. The summed E-state index contributed by atoms with van der Waals surface area (Å²) in [5.41, 5.74) is 12.1. The summed E-state index contributed by atoms with van der Waals surface area (Å²) in [5, 5.41) is 0. The number of hydrogen-bond donors (Lipinski definition) is 3. The molecule has 0 heterocycles. The van der Waals surface area contributed by atoms with Gasteiger partial charge < -0.3 is 16.4 Å². The third-order valence-electron chi connectivity index (χ3n) is 3.05. The first-order valence-corrected chi connectivity index (χ1v) is 8.16. The number of nitrogen functional groups attached to an aromatic ring is 1. The Hall–Kier alpha value is -1.80. The van der Waals surface area contributed by atoms with Crippen LogP contribution >= 0.6 is 0 Å². The van der Waals surface area contributed by atoms with Gasteiger partial charge >= 0.3 is 0 Å². The molecule has 21 heavy (non-hydrogen) atoms. The predicted octanol–water partition coefficient (Wildman–Crippen LogP) is 0.269. The van der Waals surface area contributed by atoms with E-state index in [0.717, 1.165) is 12.8 Å². The van der Waals surface area contributed by atoms with Crippen LogP contribution in [0.25, 0.3) is 0 Å². The first kappa shape index (κ1) is 17.3. The highest BCUT2D eigenvalue weighted by Crippen LogP contribution is 2.26. The van der Waals surface area contributed by atoms with Crippen LogP contribution in [0.2, 0.25) is 0 Å². The first-order chi connectivity index (χ1) is 9.81. The highest BCUT2D eigenvalue weighted by Gasteiger charge is 2.16. The largest absolute Gasteiger partial charge is 0.397 e. The van der Waals surface area contributed by atoms with E-state index in [0.29, 0.717) is 17.9 Å². The van der Waals surface area contributed by atoms with E-state index in [-0.39, 0.29) is 11.4 Å². The lowest BCUT2D eigenvalue weighted by Crippen LogP contribution is -2.35. The Balaban J connectivity index is 3.12. The van der Waals surface area contributed by atoms with Gasteiger partial charge in [0.25, 0.3) is 0 Å². The molecule has 0 saturated carbocycles. The topological polar surface area (TPSA) is 119 Å². The van der Waals surface area contributed by atoms with Gasteiger partial charge in [-0.2, -0.15) is 0 Å². The molecule has 0 spiro atoms. The second-order valence-electron chi connectivity index (χ2n) is 4.67. The molecule has 0 fully saturated rings. The molecular weight excluding hydrogens is 292 g/mol. The Kier molecular flexibility index (Phi) is 5.98. The van der Waals surface area contributed by atoms with Crippen LogP contribution in [-0.4, -0.2) is 34.5 Å². The zero-order valence-electron chi connectivity index (χ0n) is 12.3. The fourth-order valence-electron chi connectivity index (χ4n) is 1.93. The molecule has 0 radical (unpaired) electrons. The second-order valence-corrected chi connectivity index (χ2v) is 6.56. The number of nitrogens with one attached hydrogen (secondary N) is 1. The number of carbonyl (C=O) groups is 1. The van der Waals surface area contributed by atoms with Crippen molar-refractivity contribution in [3.05, 3.63) is 18.2 Å². The number of carbonyl (C=O) groups excluding carboxylic acids is 1. The van der Waals surface area contributed by atoms with Crippen molar-refractivity contribution in [3.63, 3.8) is 0 Å². The average molecular weight is 314 g/mol. The van der Waals surface area contributed by atoms with Gasteiger partial charge in [-0.3, -0.25) is 4.79 Å². The van der Waals surface area contributed by atoms with E-state index >= 15 is 0 Å². The van der Waals surface area contributed by atoms with Gasteiger partial charge in [-0.15, -0.1) is 0 Å². The summed E-state index contributed by atoms with van der Waals surface area (Å²) in [5.74, 6) is -0.461. The molecule has 0 aliphatic heterocycles. The monoisotopic (exact) mass is 314 g/mol. The molecule has 1 rings (SSSR count). The Labute approximate surface area is 125 Å². The molecule has 0 bridgehead atoms. The van der Waals surface area contributed by atoms with Crippen LogP contribution in [0, 0.1) is 0 Å². The average Bonchev–Trinajstić information content (AvgIpc) is 2.43. The third-order valence-corrected chi connectivity index (χ3v) is 4.46. The summed E-state index contributed by atoms with van der Waals surface area (Å²) >= 11 is 0. The SMILES string of the molecule is CCCCN(CC(N)=O)c1ccc(S(=O)(=O)NC)cc1N. The van der Waals surface area contributed by atoms with Gasteiger partial charge in [-0.25, -0.2) is 13.1 Å². The van der Waals surface area contributed by atoms with E-state index in [2.05, 4.69) is 4.72 Å². The summed E-state index contributed by atoms with van der Waals surface area (Å²) in [6.07, 6.45) is 1.84. The van der Waals surface area contributed by atoms with Crippen molar-refractivity contribution in [3.8, 4) is 0 Å². The molecule has 1 aromatic carbocycles. The van der Waals surface area contributed by atoms with Crippen LogP contribution in [0.1, 0.15) is 19.8 Å². The van der Waals surface area contributed by atoms with E-state index in [9.17, 15) is 13.2 Å². The van der Waals surface area contributed by atoms with Crippen LogP contribution in [-0.2, 0) is 14.8 Å². The van der Waals surface area contributed by atoms with Crippen molar-refractivity contribution >= 4 is 27.3 Å². The second kappa shape index (κ2) is 7.28. The van der Waals surface area contributed by atoms with Gasteiger partial charge in [0.05, 0.1) is 22.8 Å². The maximum atomic E-state index is 11.7. The lowest BCUT2D eigenvalue weighted by atomic mass is 10.2. The van der Waals surface area contributed by atoms with Crippen LogP contribution in [0.4, 0.5) is 11.4 Å². The number of primary amides is 1. The predicted molar refractivity (Wildman–Crippen MR) is 83.4 cm³/mol. The summed E-state index contributed by atoms with van der Waals surface area (Å²) in [6, 6.07) is 4.43. The number of rotatable bonds is 8. The minimum Gasteiger partial charge on any atom is -0.397 e. The molecule has 1 amide bonds. The summed E-state index contributed by atoms with van der Waals surface area (Å²) in [6.45, 7) is 2.71. The Bertz CT molecular complexity index is 601. The van der Waals surface area contributed by atoms with E-state index in [4.69, 9.17) is 11.5 Å². The quantitative estimate of drug-likeness (QED) is 0.595. The van der Waals surface area contributed by atoms with Crippen molar-refractivity contribution < 1.29 is 13.2 Å². The zero-order valence-corrected chi connectivity index (χ0v) is 13.1. The van der Waals surface area contributed by atoms with Gasteiger partial charge in [0.15, 0.2) is 0 Å². The number of sulfonamides is 1. The normalized spacial score (nSPS) is 11.3. The Morgan fingerprint density at radius 1 is 1.38 bits per heavy atom. The van der Waals surface area contributed by atoms with Gasteiger partial charge in [0, 0.05) is 6.54 Å². The lowest BCUT2D eigenvalue weighted by molar-refractivity contribution is -0.116. The molecule has 0 unspecified atom stereocenters. The summed E-state index contributed by atoms with van der Waals surface area (Å²) in [7, 11) is -2.21. The molecule has 7 nitrogen and oxygen atoms in total. The smallest absolute Gasteiger partial charge is 0.240 e. The third kappa shape index (κ3) is 4.61. The number of unbranched alkanes of at least 4 members (excludes halogenated alkanes) is 1. The Morgan fingerprint density at radius 2 is 2.05 bits per heavy atom. The molecule has 5 N–H and O–H groups in total. The molecular formula is C13H22N4O3S. The van der Waals surface area contributed by atoms with E-state index in [1.165, 1.54) is 19.2 Å². The van der Waals surface area contributed by atoms with Crippen molar-refractivity contribution in [2.45, 2.75) is 24.7 Å². The number of nitrogens with two attached hydrogens (primary N) is 2. The van der Waals surface area contributed by atoms with Crippen LogP contribution < -0.4 is 21.1 Å². The number of nitrogens with zero attached hydrogens (tertiary/aromatic N) is 1. The molecule has 0 saturated heterocycles. The van der Waals surface area contributed by atoms with Gasteiger partial charge in [0.1, 0.15) is 0 Å². The molecule has 0 aliphatic rings. The number of benzene rings is 1. The van der Waals surface area contributed by atoms with Gasteiger partial charge in [0.2, 0.25) is 15.9 Å². The molecule has 0 aliphatic carbocycles. The molecule has 118 valence electrons. The van der Waals surface area contributed by atoms with Gasteiger partial charge in [-0.05, 0) is 31.7 Å². The number of hydrogen-bond acceptors (Lipinski definition) is 5. The molecule has 0 atom stereocenters. The number of anilines is 2. The van der Waals surface area contributed by atoms with Crippen LogP contribution in [0.3, 0.4) is 0 Å².